The monoisotopic (exact) mass is 457 g/mol. The highest BCUT2D eigenvalue weighted by atomic mass is 19.3. The number of carbonyl (C=O) groups excluding carboxylic acids is 1. The fourth-order valence-electron chi connectivity index (χ4n) is 5.14. The Balaban J connectivity index is 1.75. The fraction of sp³-hybridized carbons (Fsp3) is 0.440. The summed E-state index contributed by atoms with van der Waals surface area (Å²) in [5.74, 6) is 0.881. The van der Waals surface area contributed by atoms with Gasteiger partial charge in [-0.25, -0.2) is 9.78 Å². The number of alkyl halides is 2. The first kappa shape index (κ1) is 23.0. The quantitative estimate of drug-likeness (QED) is 0.425. The van der Waals surface area contributed by atoms with E-state index in [0.29, 0.717) is 28.6 Å². The van der Waals surface area contributed by atoms with Crippen molar-refractivity contribution in [3.8, 4) is 5.75 Å². The minimum Gasteiger partial charge on any atom is -0.465 e. The van der Waals surface area contributed by atoms with Crippen molar-refractivity contribution in [2.24, 2.45) is 11.3 Å². The van der Waals surface area contributed by atoms with Crippen LogP contribution in [0.3, 0.4) is 0 Å². The van der Waals surface area contributed by atoms with Crippen molar-refractivity contribution in [1.29, 1.82) is 0 Å². The number of anilines is 2. The molecular weight excluding hydrogens is 428 g/mol. The number of aromatic nitrogens is 2. The van der Waals surface area contributed by atoms with Gasteiger partial charge in [0.15, 0.2) is 0 Å². The van der Waals surface area contributed by atoms with Crippen LogP contribution in [0.2, 0.25) is 0 Å². The number of fused-ring (bicyclic) bond motifs is 1. The summed E-state index contributed by atoms with van der Waals surface area (Å²) in [5.41, 5.74) is 2.94. The van der Waals surface area contributed by atoms with Gasteiger partial charge in [-0.05, 0) is 73.1 Å². The molecule has 0 amide bonds. The fourth-order valence-corrected chi connectivity index (χ4v) is 5.14. The molecule has 0 spiro atoms. The summed E-state index contributed by atoms with van der Waals surface area (Å²) in [7, 11) is 1.35. The number of imidazole rings is 1. The van der Waals surface area contributed by atoms with Crippen LogP contribution in [0.15, 0.2) is 42.5 Å². The summed E-state index contributed by atoms with van der Waals surface area (Å²) < 4.78 is 36.4. The van der Waals surface area contributed by atoms with Gasteiger partial charge in [0.2, 0.25) is 5.95 Å². The molecule has 0 bridgehead atoms. The summed E-state index contributed by atoms with van der Waals surface area (Å²) in [6, 6.07) is 12.0. The lowest BCUT2D eigenvalue weighted by Crippen LogP contribution is -2.29. The Labute approximate surface area is 191 Å². The Bertz CT molecular complexity index is 1140. The topological polar surface area (TPSA) is 65.4 Å². The van der Waals surface area contributed by atoms with Gasteiger partial charge >= 0.3 is 12.6 Å². The summed E-state index contributed by atoms with van der Waals surface area (Å²) in [4.78, 5) is 16.8. The summed E-state index contributed by atoms with van der Waals surface area (Å²) in [5, 5.41) is 3.34. The molecule has 1 saturated carbocycles. The zero-order valence-corrected chi connectivity index (χ0v) is 19.3. The number of rotatable bonds is 6. The van der Waals surface area contributed by atoms with E-state index in [1.807, 2.05) is 6.07 Å². The van der Waals surface area contributed by atoms with Gasteiger partial charge in [-0.15, -0.1) is 0 Å². The largest absolute Gasteiger partial charge is 0.465 e. The summed E-state index contributed by atoms with van der Waals surface area (Å²) in [6.45, 7) is 3.99. The minimum absolute atomic E-state index is 0.0922. The molecule has 176 valence electrons. The molecule has 0 radical (unpaired) electrons. The molecule has 0 aliphatic heterocycles. The number of hydrogen-bond acceptors (Lipinski definition) is 5. The zero-order chi connectivity index (χ0) is 23.8. The Morgan fingerprint density at radius 1 is 1.18 bits per heavy atom. The van der Waals surface area contributed by atoms with Gasteiger partial charge in [-0.2, -0.15) is 8.78 Å². The van der Waals surface area contributed by atoms with Crippen LogP contribution < -0.4 is 10.1 Å². The van der Waals surface area contributed by atoms with Gasteiger partial charge < -0.3 is 19.4 Å². The van der Waals surface area contributed by atoms with Crippen LogP contribution in [0.25, 0.3) is 11.0 Å². The number of nitrogens with zero attached hydrogens (tertiary/aromatic N) is 2. The second-order valence-electron chi connectivity index (χ2n) is 9.60. The molecule has 4 rings (SSSR count). The van der Waals surface area contributed by atoms with E-state index in [0.717, 1.165) is 24.8 Å². The summed E-state index contributed by atoms with van der Waals surface area (Å²) >= 11 is 0. The third-order valence-corrected chi connectivity index (χ3v) is 6.18. The molecule has 8 heteroatoms. The van der Waals surface area contributed by atoms with Crippen LogP contribution in [-0.4, -0.2) is 29.2 Å². The first-order chi connectivity index (χ1) is 15.6. The van der Waals surface area contributed by atoms with Crippen LogP contribution >= 0.6 is 0 Å². The molecule has 1 aliphatic rings. The minimum atomic E-state index is -2.87. The highest BCUT2D eigenvalue weighted by molar-refractivity contribution is 5.94. The normalized spacial score (nSPS) is 20.1. The SMILES string of the molecule is COC(=O)c1ccc2c(c1)nc(Nc1ccc(OC(F)F)cc1)n2C1CC(C)CC(C)(C)C1. The average molecular weight is 458 g/mol. The Morgan fingerprint density at radius 2 is 1.91 bits per heavy atom. The molecule has 33 heavy (non-hydrogen) atoms. The molecule has 1 N–H and O–H groups in total. The Hall–Kier alpha value is -3.16. The van der Waals surface area contributed by atoms with Crippen molar-refractivity contribution in [1.82, 2.24) is 9.55 Å². The second kappa shape index (κ2) is 9.00. The molecule has 0 saturated heterocycles. The van der Waals surface area contributed by atoms with Crippen LogP contribution in [0.1, 0.15) is 56.4 Å². The predicted molar refractivity (Wildman–Crippen MR) is 123 cm³/mol. The number of hydrogen-bond donors (Lipinski definition) is 1. The third kappa shape index (κ3) is 5.10. The number of benzene rings is 2. The molecule has 6 nitrogen and oxygen atoms in total. The molecule has 2 aromatic carbocycles. The van der Waals surface area contributed by atoms with Crippen LogP contribution in [0.5, 0.6) is 5.75 Å². The molecule has 1 aromatic heterocycles. The van der Waals surface area contributed by atoms with E-state index in [9.17, 15) is 13.6 Å². The average Bonchev–Trinajstić information content (AvgIpc) is 3.09. The van der Waals surface area contributed by atoms with Gasteiger partial charge in [0.25, 0.3) is 0 Å². The molecule has 2 unspecified atom stereocenters. The Kier molecular flexibility index (Phi) is 6.28. The van der Waals surface area contributed by atoms with E-state index in [2.05, 4.69) is 35.4 Å². The second-order valence-corrected chi connectivity index (χ2v) is 9.60. The van der Waals surface area contributed by atoms with E-state index < -0.39 is 12.6 Å². The van der Waals surface area contributed by atoms with Gasteiger partial charge in [-0.3, -0.25) is 0 Å². The first-order valence-corrected chi connectivity index (χ1v) is 11.1. The summed E-state index contributed by atoms with van der Waals surface area (Å²) in [6.07, 6.45) is 3.18. The number of esters is 1. The Morgan fingerprint density at radius 3 is 2.55 bits per heavy atom. The lowest BCUT2D eigenvalue weighted by molar-refractivity contribution is -0.0498. The lowest BCUT2D eigenvalue weighted by Gasteiger charge is -2.40. The van der Waals surface area contributed by atoms with Crippen molar-refractivity contribution in [3.63, 3.8) is 0 Å². The first-order valence-electron chi connectivity index (χ1n) is 11.1. The number of halogens is 2. The third-order valence-electron chi connectivity index (χ3n) is 6.18. The molecule has 1 aliphatic carbocycles. The predicted octanol–water partition coefficient (Wildman–Crippen LogP) is 6.56. The van der Waals surface area contributed by atoms with Crippen LogP contribution in [0.4, 0.5) is 20.4 Å². The smallest absolute Gasteiger partial charge is 0.387 e. The van der Waals surface area contributed by atoms with Crippen LogP contribution in [-0.2, 0) is 4.74 Å². The highest BCUT2D eigenvalue weighted by Crippen LogP contribution is 2.46. The van der Waals surface area contributed by atoms with E-state index in [-0.39, 0.29) is 17.2 Å². The van der Waals surface area contributed by atoms with E-state index in [1.54, 1.807) is 24.3 Å². The van der Waals surface area contributed by atoms with Crippen molar-refractivity contribution in [2.75, 3.05) is 12.4 Å². The molecule has 1 heterocycles. The maximum absolute atomic E-state index is 12.5. The standard InChI is InChI=1S/C25H29F2N3O3/c1-15-11-18(14-25(2,3)13-15)30-21-10-5-16(22(31)32-4)12-20(21)29-24(30)28-17-6-8-19(9-7-17)33-23(26)27/h5-10,12,15,18,23H,11,13-14H2,1-4H3,(H,28,29). The number of carbonyl (C=O) groups is 1. The maximum atomic E-state index is 12.5. The van der Waals surface area contributed by atoms with Crippen molar-refractivity contribution in [3.05, 3.63) is 48.0 Å². The van der Waals surface area contributed by atoms with Crippen LogP contribution in [0, 0.1) is 11.3 Å². The number of nitrogens with one attached hydrogen (secondary N) is 1. The van der Waals surface area contributed by atoms with Gasteiger partial charge in [0.1, 0.15) is 5.75 Å². The van der Waals surface area contributed by atoms with Gasteiger partial charge in [0, 0.05) is 11.7 Å². The van der Waals surface area contributed by atoms with Crippen molar-refractivity contribution >= 4 is 28.6 Å². The van der Waals surface area contributed by atoms with Gasteiger partial charge in [0.05, 0.1) is 23.7 Å². The zero-order valence-electron chi connectivity index (χ0n) is 19.3. The van der Waals surface area contributed by atoms with E-state index in [1.165, 1.54) is 19.2 Å². The molecule has 1 fully saturated rings. The van der Waals surface area contributed by atoms with Crippen molar-refractivity contribution < 1.29 is 23.0 Å². The number of methoxy groups -OCH3 is 1. The van der Waals surface area contributed by atoms with Gasteiger partial charge in [-0.1, -0.05) is 20.8 Å². The van der Waals surface area contributed by atoms with E-state index >= 15 is 0 Å². The molecule has 2 atom stereocenters. The van der Waals surface area contributed by atoms with E-state index in [4.69, 9.17) is 9.72 Å². The van der Waals surface area contributed by atoms with Crippen molar-refractivity contribution in [2.45, 2.75) is 52.7 Å². The number of ether oxygens (including phenoxy) is 2. The molecular formula is C25H29F2N3O3. The maximum Gasteiger partial charge on any atom is 0.387 e. The molecule has 3 aromatic rings. The highest BCUT2D eigenvalue weighted by Gasteiger charge is 2.34. The lowest BCUT2D eigenvalue weighted by atomic mass is 9.70.